The number of carbonyl (C=O) groups is 2. The molecule has 0 unspecified atom stereocenters. The number of esters is 1. The van der Waals surface area contributed by atoms with Crippen molar-refractivity contribution in [3.05, 3.63) is 71.8 Å². The van der Waals surface area contributed by atoms with Crippen LogP contribution in [0.4, 0.5) is 4.39 Å². The van der Waals surface area contributed by atoms with Crippen LogP contribution in [0.3, 0.4) is 0 Å². The molecule has 0 saturated heterocycles. The summed E-state index contributed by atoms with van der Waals surface area (Å²) < 4.78 is 17.9. The highest BCUT2D eigenvalue weighted by Gasteiger charge is 2.14. The summed E-state index contributed by atoms with van der Waals surface area (Å²) in [6.45, 7) is 2.65. The predicted molar refractivity (Wildman–Crippen MR) is 96.3 cm³/mol. The van der Waals surface area contributed by atoms with Crippen molar-refractivity contribution >= 4 is 18.0 Å². The summed E-state index contributed by atoms with van der Waals surface area (Å²) in [5.74, 6) is -0.916. The number of halogens is 1. The van der Waals surface area contributed by atoms with Gasteiger partial charge in [0.1, 0.15) is 5.82 Å². The van der Waals surface area contributed by atoms with E-state index in [1.165, 1.54) is 18.2 Å². The van der Waals surface area contributed by atoms with Crippen molar-refractivity contribution in [3.63, 3.8) is 0 Å². The van der Waals surface area contributed by atoms with E-state index in [9.17, 15) is 14.0 Å². The first kappa shape index (κ1) is 19.3. The highest BCUT2D eigenvalue weighted by atomic mass is 19.1. The van der Waals surface area contributed by atoms with Crippen molar-refractivity contribution in [2.75, 3.05) is 13.2 Å². The van der Waals surface area contributed by atoms with Gasteiger partial charge in [-0.2, -0.15) is 0 Å². The lowest BCUT2D eigenvalue weighted by Crippen LogP contribution is -2.31. The fraction of sp³-hybridized carbons (Fsp3) is 0.250. The molecule has 0 fully saturated rings. The van der Waals surface area contributed by atoms with Gasteiger partial charge in [-0.25, -0.2) is 4.39 Å². The second-order valence-electron chi connectivity index (χ2n) is 5.56. The van der Waals surface area contributed by atoms with E-state index in [0.717, 1.165) is 5.56 Å². The molecule has 1 amide bonds. The molecule has 0 radical (unpaired) electrons. The molecule has 2 aromatic rings. The minimum atomic E-state index is -0.345. The number of hydrogen-bond acceptors (Lipinski definition) is 4. The minimum Gasteiger partial charge on any atom is -0.466 e. The van der Waals surface area contributed by atoms with Crippen LogP contribution in [0.1, 0.15) is 24.5 Å². The number of pyridine rings is 1. The van der Waals surface area contributed by atoms with E-state index in [-0.39, 0.29) is 30.7 Å². The van der Waals surface area contributed by atoms with Gasteiger partial charge in [-0.05, 0) is 48.4 Å². The van der Waals surface area contributed by atoms with E-state index < -0.39 is 0 Å². The van der Waals surface area contributed by atoms with Crippen LogP contribution in [-0.4, -0.2) is 34.9 Å². The van der Waals surface area contributed by atoms with Crippen LogP contribution >= 0.6 is 0 Å². The van der Waals surface area contributed by atoms with Gasteiger partial charge >= 0.3 is 5.97 Å². The van der Waals surface area contributed by atoms with Crippen LogP contribution in [-0.2, 0) is 20.9 Å². The first-order valence-corrected chi connectivity index (χ1v) is 8.35. The van der Waals surface area contributed by atoms with E-state index in [4.69, 9.17) is 4.74 Å². The zero-order valence-corrected chi connectivity index (χ0v) is 14.6. The average Bonchev–Trinajstić information content (AvgIpc) is 2.65. The summed E-state index contributed by atoms with van der Waals surface area (Å²) in [5.41, 5.74) is 1.63. The third-order valence-corrected chi connectivity index (χ3v) is 3.61. The maximum Gasteiger partial charge on any atom is 0.307 e. The Kier molecular flexibility index (Phi) is 7.49. The van der Waals surface area contributed by atoms with E-state index in [2.05, 4.69) is 4.98 Å². The largest absolute Gasteiger partial charge is 0.466 e. The Morgan fingerprint density at radius 3 is 2.50 bits per heavy atom. The Morgan fingerprint density at radius 1 is 1.15 bits per heavy atom. The highest BCUT2D eigenvalue weighted by molar-refractivity contribution is 5.92. The Morgan fingerprint density at radius 2 is 1.85 bits per heavy atom. The quantitative estimate of drug-likeness (QED) is 0.538. The number of carbonyl (C=O) groups excluding carboxylic acids is 2. The Bertz CT molecular complexity index is 745. The maximum atomic E-state index is 12.9. The number of amides is 1. The molecule has 5 nitrogen and oxygen atoms in total. The van der Waals surface area contributed by atoms with Crippen molar-refractivity contribution in [1.82, 2.24) is 9.88 Å². The molecular formula is C20H21FN2O3. The summed E-state index contributed by atoms with van der Waals surface area (Å²) in [7, 11) is 0. The van der Waals surface area contributed by atoms with Crippen molar-refractivity contribution in [2.24, 2.45) is 0 Å². The second-order valence-corrected chi connectivity index (χ2v) is 5.56. The molecule has 1 aromatic heterocycles. The first-order valence-electron chi connectivity index (χ1n) is 8.35. The SMILES string of the molecule is CCOC(=O)CCN(Cc1ccncc1)C(=O)/C=C/c1ccc(F)cc1. The van der Waals surface area contributed by atoms with Crippen LogP contribution in [0.2, 0.25) is 0 Å². The van der Waals surface area contributed by atoms with Crippen molar-refractivity contribution < 1.29 is 18.7 Å². The Labute approximate surface area is 152 Å². The summed E-state index contributed by atoms with van der Waals surface area (Å²) >= 11 is 0. The van der Waals surface area contributed by atoms with E-state index in [1.807, 2.05) is 12.1 Å². The normalized spacial score (nSPS) is 10.7. The topological polar surface area (TPSA) is 59.5 Å². The van der Waals surface area contributed by atoms with Gasteiger partial charge < -0.3 is 9.64 Å². The smallest absolute Gasteiger partial charge is 0.307 e. The molecule has 0 spiro atoms. The summed E-state index contributed by atoms with van der Waals surface area (Å²) in [4.78, 5) is 29.7. The Balaban J connectivity index is 2.06. The summed E-state index contributed by atoms with van der Waals surface area (Å²) in [6.07, 6.45) is 6.45. The molecule has 1 heterocycles. The second kappa shape index (κ2) is 10.1. The van der Waals surface area contributed by atoms with E-state index in [1.54, 1.807) is 42.4 Å². The maximum absolute atomic E-state index is 12.9. The molecule has 136 valence electrons. The highest BCUT2D eigenvalue weighted by Crippen LogP contribution is 2.09. The standard InChI is InChI=1S/C20H21FN2O3/c1-2-26-20(25)11-14-23(15-17-9-12-22-13-10-17)19(24)8-5-16-3-6-18(21)7-4-16/h3-10,12-13H,2,11,14-15H2,1H3/b8-5+. The molecule has 1 aromatic carbocycles. The van der Waals surface area contributed by atoms with Gasteiger partial charge in [0.2, 0.25) is 5.91 Å². The monoisotopic (exact) mass is 356 g/mol. The molecule has 0 aliphatic rings. The van der Waals surface area contributed by atoms with Crippen LogP contribution < -0.4 is 0 Å². The molecule has 0 bridgehead atoms. The minimum absolute atomic E-state index is 0.120. The summed E-state index contributed by atoms with van der Waals surface area (Å²) in [5, 5.41) is 0. The van der Waals surface area contributed by atoms with Gasteiger partial charge in [0, 0.05) is 31.6 Å². The van der Waals surface area contributed by atoms with Crippen LogP contribution in [0.15, 0.2) is 54.9 Å². The van der Waals surface area contributed by atoms with Crippen molar-refractivity contribution in [2.45, 2.75) is 19.9 Å². The van der Waals surface area contributed by atoms with Crippen molar-refractivity contribution in [1.29, 1.82) is 0 Å². The molecule has 0 atom stereocenters. The van der Waals surface area contributed by atoms with Crippen LogP contribution in [0, 0.1) is 5.82 Å². The molecule has 26 heavy (non-hydrogen) atoms. The number of hydrogen-bond donors (Lipinski definition) is 0. The number of aromatic nitrogens is 1. The number of nitrogens with zero attached hydrogens (tertiary/aromatic N) is 2. The van der Waals surface area contributed by atoms with Crippen LogP contribution in [0.25, 0.3) is 6.08 Å². The fourth-order valence-electron chi connectivity index (χ4n) is 2.28. The molecular weight excluding hydrogens is 335 g/mol. The van der Waals surface area contributed by atoms with Gasteiger partial charge in [-0.15, -0.1) is 0 Å². The van der Waals surface area contributed by atoms with Crippen LogP contribution in [0.5, 0.6) is 0 Å². The average molecular weight is 356 g/mol. The lowest BCUT2D eigenvalue weighted by molar-refractivity contribution is -0.143. The number of ether oxygens (including phenoxy) is 1. The lowest BCUT2D eigenvalue weighted by Gasteiger charge is -2.21. The first-order chi connectivity index (χ1) is 12.6. The summed E-state index contributed by atoms with van der Waals surface area (Å²) in [6, 6.07) is 9.47. The molecule has 0 aliphatic heterocycles. The third-order valence-electron chi connectivity index (χ3n) is 3.61. The van der Waals surface area contributed by atoms with Gasteiger partial charge in [0.05, 0.1) is 13.0 Å². The van der Waals surface area contributed by atoms with Gasteiger partial charge in [0.15, 0.2) is 0 Å². The van der Waals surface area contributed by atoms with E-state index in [0.29, 0.717) is 18.7 Å². The molecule has 0 aliphatic carbocycles. The van der Waals surface area contributed by atoms with Crippen molar-refractivity contribution in [3.8, 4) is 0 Å². The number of benzene rings is 1. The zero-order chi connectivity index (χ0) is 18.8. The Hall–Kier alpha value is -3.02. The van der Waals surface area contributed by atoms with Gasteiger partial charge in [0.25, 0.3) is 0 Å². The molecule has 2 rings (SSSR count). The predicted octanol–water partition coefficient (Wildman–Crippen LogP) is 3.22. The number of rotatable bonds is 8. The molecule has 0 N–H and O–H groups in total. The fourth-order valence-corrected chi connectivity index (χ4v) is 2.28. The third kappa shape index (κ3) is 6.47. The van der Waals surface area contributed by atoms with Gasteiger partial charge in [-0.1, -0.05) is 12.1 Å². The molecule has 6 heteroatoms. The molecule has 0 saturated carbocycles. The van der Waals surface area contributed by atoms with E-state index >= 15 is 0 Å². The zero-order valence-electron chi connectivity index (χ0n) is 14.6. The lowest BCUT2D eigenvalue weighted by atomic mass is 10.2. The van der Waals surface area contributed by atoms with Gasteiger partial charge in [-0.3, -0.25) is 14.6 Å².